The molecule has 2 aliphatic rings. The lowest BCUT2D eigenvalue weighted by Gasteiger charge is -2.55. The van der Waals surface area contributed by atoms with Crippen LogP contribution < -0.4 is 5.32 Å². The van der Waals surface area contributed by atoms with E-state index in [0.717, 1.165) is 37.7 Å². The van der Waals surface area contributed by atoms with Gasteiger partial charge in [-0.2, -0.15) is 5.10 Å². The van der Waals surface area contributed by atoms with Crippen molar-refractivity contribution in [3.05, 3.63) is 12.2 Å². The van der Waals surface area contributed by atoms with E-state index in [1.807, 2.05) is 0 Å². The van der Waals surface area contributed by atoms with E-state index in [0.29, 0.717) is 12.1 Å². The van der Waals surface area contributed by atoms with Crippen LogP contribution in [0.3, 0.4) is 0 Å². The molecular formula is C13H22N4O. The third-order valence-corrected chi connectivity index (χ3v) is 4.52. The van der Waals surface area contributed by atoms with Crippen LogP contribution in [0.15, 0.2) is 6.33 Å². The number of nitrogens with one attached hydrogen (secondary N) is 2. The first kappa shape index (κ1) is 12.1. The fourth-order valence-corrected chi connectivity index (χ4v) is 3.60. The summed E-state index contributed by atoms with van der Waals surface area (Å²) in [5.41, 5.74) is 0.285. The number of aryl methyl sites for hydroxylation is 1. The number of nitrogens with zero attached hydrogens (tertiary/aromatic N) is 2. The molecule has 0 radical (unpaired) electrons. The van der Waals surface area contributed by atoms with Crippen LogP contribution in [0, 0.1) is 11.3 Å². The molecule has 5 heteroatoms. The number of H-pyrrole nitrogens is 1. The van der Waals surface area contributed by atoms with Crippen molar-refractivity contribution in [3.8, 4) is 0 Å². The van der Waals surface area contributed by atoms with Gasteiger partial charge < -0.3 is 10.1 Å². The highest BCUT2D eigenvalue weighted by atomic mass is 16.5. The molecule has 2 fully saturated rings. The monoisotopic (exact) mass is 250 g/mol. The van der Waals surface area contributed by atoms with Crippen molar-refractivity contribution in [2.75, 3.05) is 13.2 Å². The van der Waals surface area contributed by atoms with Crippen LogP contribution in [-0.4, -0.2) is 40.5 Å². The summed E-state index contributed by atoms with van der Waals surface area (Å²) >= 11 is 0. The molecule has 0 aromatic carbocycles. The first-order valence-corrected chi connectivity index (χ1v) is 6.89. The summed E-state index contributed by atoms with van der Waals surface area (Å²) in [4.78, 5) is 4.13. The lowest BCUT2D eigenvalue weighted by atomic mass is 9.57. The minimum absolute atomic E-state index is 0.285. The number of ether oxygens (including phenoxy) is 1. The van der Waals surface area contributed by atoms with Crippen LogP contribution >= 0.6 is 0 Å². The maximum atomic E-state index is 5.80. The fraction of sp³-hybridized carbons (Fsp3) is 0.846. The fourth-order valence-electron chi connectivity index (χ4n) is 3.60. The molecule has 0 amide bonds. The van der Waals surface area contributed by atoms with Crippen LogP contribution in [0.2, 0.25) is 0 Å². The molecule has 1 aromatic heterocycles. The predicted molar refractivity (Wildman–Crippen MR) is 68.1 cm³/mol. The Morgan fingerprint density at radius 1 is 1.56 bits per heavy atom. The van der Waals surface area contributed by atoms with Gasteiger partial charge in [0.1, 0.15) is 12.2 Å². The summed E-state index contributed by atoms with van der Waals surface area (Å²) in [6.07, 6.45) is 5.32. The van der Waals surface area contributed by atoms with Gasteiger partial charge in [-0.3, -0.25) is 5.10 Å². The van der Waals surface area contributed by atoms with Gasteiger partial charge in [-0.15, -0.1) is 0 Å². The van der Waals surface area contributed by atoms with E-state index < -0.39 is 0 Å². The molecule has 1 saturated heterocycles. The van der Waals surface area contributed by atoms with Crippen LogP contribution in [0.5, 0.6) is 0 Å². The van der Waals surface area contributed by atoms with Crippen molar-refractivity contribution in [2.24, 2.45) is 11.3 Å². The molecule has 100 valence electrons. The van der Waals surface area contributed by atoms with Gasteiger partial charge in [-0.1, -0.05) is 13.8 Å². The zero-order valence-corrected chi connectivity index (χ0v) is 11.1. The van der Waals surface area contributed by atoms with Crippen LogP contribution in [0.25, 0.3) is 0 Å². The second-order valence-corrected chi connectivity index (χ2v) is 6.03. The molecule has 5 nitrogen and oxygen atoms in total. The van der Waals surface area contributed by atoms with Crippen LogP contribution in [0.4, 0.5) is 0 Å². The summed E-state index contributed by atoms with van der Waals surface area (Å²) in [5.74, 6) is 1.71. The Morgan fingerprint density at radius 3 is 3.22 bits per heavy atom. The Kier molecular flexibility index (Phi) is 3.11. The van der Waals surface area contributed by atoms with Crippen molar-refractivity contribution in [1.29, 1.82) is 0 Å². The number of rotatable bonds is 5. The number of aromatic nitrogens is 3. The zero-order chi connectivity index (χ0) is 12.6. The molecule has 2 heterocycles. The smallest absolute Gasteiger partial charge is 0.137 e. The normalized spacial score (nSPS) is 33.1. The average molecular weight is 250 g/mol. The van der Waals surface area contributed by atoms with Crippen molar-refractivity contribution >= 4 is 0 Å². The van der Waals surface area contributed by atoms with Gasteiger partial charge in [0, 0.05) is 30.4 Å². The van der Waals surface area contributed by atoms with Gasteiger partial charge in [0.2, 0.25) is 0 Å². The molecule has 1 aliphatic heterocycles. The second kappa shape index (κ2) is 4.63. The van der Waals surface area contributed by atoms with E-state index in [1.54, 1.807) is 6.33 Å². The first-order chi connectivity index (χ1) is 8.69. The topological polar surface area (TPSA) is 62.8 Å². The van der Waals surface area contributed by atoms with E-state index >= 15 is 0 Å². The number of fused-ring (bicyclic) bond motifs is 1. The number of hydrogen-bond donors (Lipinski definition) is 2. The largest absolute Gasteiger partial charge is 0.377 e. The predicted octanol–water partition coefficient (Wildman–Crippen LogP) is 1.14. The Morgan fingerprint density at radius 2 is 2.44 bits per heavy atom. The highest BCUT2D eigenvalue weighted by Gasteiger charge is 2.58. The molecule has 3 atom stereocenters. The molecule has 1 aliphatic carbocycles. The second-order valence-electron chi connectivity index (χ2n) is 6.03. The lowest BCUT2D eigenvalue weighted by Crippen LogP contribution is -2.65. The Hall–Kier alpha value is -0.940. The average Bonchev–Trinajstić information content (AvgIpc) is 2.97. The van der Waals surface area contributed by atoms with E-state index in [-0.39, 0.29) is 5.41 Å². The van der Waals surface area contributed by atoms with Crippen molar-refractivity contribution < 1.29 is 4.74 Å². The van der Waals surface area contributed by atoms with Gasteiger partial charge in [-0.05, 0) is 19.4 Å². The zero-order valence-electron chi connectivity index (χ0n) is 11.1. The lowest BCUT2D eigenvalue weighted by molar-refractivity contribution is -0.112. The standard InChI is InChI=1S/C13H22N4O/c1-13(2)11(9-5-7-18-12(9)13)14-6-3-4-10-15-8-16-17-10/h8-9,11-12,14H,3-7H2,1-2H3,(H,15,16,17). The van der Waals surface area contributed by atoms with E-state index in [2.05, 4.69) is 34.3 Å². The summed E-state index contributed by atoms with van der Waals surface area (Å²) in [6.45, 7) is 6.61. The Labute approximate surface area is 108 Å². The highest BCUT2D eigenvalue weighted by molar-refractivity contribution is 5.11. The highest BCUT2D eigenvalue weighted by Crippen LogP contribution is 2.51. The number of hydrogen-bond acceptors (Lipinski definition) is 4. The minimum atomic E-state index is 0.285. The van der Waals surface area contributed by atoms with Gasteiger partial charge >= 0.3 is 0 Å². The SMILES string of the molecule is CC1(C)C(NCCCc2ncn[nH]2)C2CCOC21. The van der Waals surface area contributed by atoms with E-state index in [1.165, 1.54) is 6.42 Å². The van der Waals surface area contributed by atoms with Gasteiger partial charge in [-0.25, -0.2) is 4.98 Å². The van der Waals surface area contributed by atoms with Crippen molar-refractivity contribution in [2.45, 2.75) is 45.3 Å². The summed E-state index contributed by atoms with van der Waals surface area (Å²) < 4.78 is 5.80. The van der Waals surface area contributed by atoms with E-state index in [9.17, 15) is 0 Å². The molecule has 3 unspecified atom stereocenters. The summed E-state index contributed by atoms with van der Waals surface area (Å²) in [5, 5.41) is 10.5. The van der Waals surface area contributed by atoms with E-state index in [4.69, 9.17) is 4.74 Å². The molecule has 0 bridgehead atoms. The first-order valence-electron chi connectivity index (χ1n) is 6.89. The molecule has 3 rings (SSSR count). The molecule has 0 spiro atoms. The maximum absolute atomic E-state index is 5.80. The molecule has 2 N–H and O–H groups in total. The quantitative estimate of drug-likeness (QED) is 0.769. The third kappa shape index (κ3) is 1.95. The van der Waals surface area contributed by atoms with Gasteiger partial charge in [0.15, 0.2) is 0 Å². The number of aromatic amines is 1. The summed E-state index contributed by atoms with van der Waals surface area (Å²) in [7, 11) is 0. The van der Waals surface area contributed by atoms with Gasteiger partial charge in [0.25, 0.3) is 0 Å². The van der Waals surface area contributed by atoms with Crippen molar-refractivity contribution in [1.82, 2.24) is 20.5 Å². The summed E-state index contributed by atoms with van der Waals surface area (Å²) in [6, 6.07) is 0.611. The Balaban J connectivity index is 1.43. The molecule has 1 aromatic rings. The molecule has 18 heavy (non-hydrogen) atoms. The molecule has 1 saturated carbocycles. The van der Waals surface area contributed by atoms with Crippen LogP contribution in [-0.2, 0) is 11.2 Å². The van der Waals surface area contributed by atoms with Crippen LogP contribution in [0.1, 0.15) is 32.5 Å². The third-order valence-electron chi connectivity index (χ3n) is 4.52. The maximum Gasteiger partial charge on any atom is 0.137 e. The van der Waals surface area contributed by atoms with Gasteiger partial charge in [0.05, 0.1) is 6.10 Å². The minimum Gasteiger partial charge on any atom is -0.377 e. The Bertz CT molecular complexity index is 390. The molecular weight excluding hydrogens is 228 g/mol. The van der Waals surface area contributed by atoms with Crippen molar-refractivity contribution in [3.63, 3.8) is 0 Å².